The zero-order valence-corrected chi connectivity index (χ0v) is 10.7. The van der Waals surface area contributed by atoms with Crippen LogP contribution in [0.2, 0.25) is 0 Å². The predicted octanol–water partition coefficient (Wildman–Crippen LogP) is 0.851. The van der Waals surface area contributed by atoms with Crippen LogP contribution in [-0.2, 0) is 13.5 Å². The molecule has 0 bridgehead atoms. The Balaban J connectivity index is 2.52. The van der Waals surface area contributed by atoms with E-state index in [0.717, 1.165) is 17.8 Å². The number of carbonyl (C=O) groups is 1. The summed E-state index contributed by atoms with van der Waals surface area (Å²) in [7, 11) is 5.40. The number of urea groups is 1. The van der Waals surface area contributed by atoms with E-state index < -0.39 is 0 Å². The van der Waals surface area contributed by atoms with Gasteiger partial charge in [0, 0.05) is 33.4 Å². The Morgan fingerprint density at radius 2 is 2.06 bits per heavy atom. The maximum atomic E-state index is 11.3. The van der Waals surface area contributed by atoms with Gasteiger partial charge < -0.3 is 10.2 Å². The quantitative estimate of drug-likeness (QED) is 0.827. The first-order valence-corrected chi connectivity index (χ1v) is 5.37. The lowest BCUT2D eigenvalue weighted by molar-refractivity contribution is 0.217. The average Bonchev–Trinajstić information content (AvgIpc) is 2.44. The van der Waals surface area contributed by atoms with Crippen LogP contribution in [0, 0.1) is 13.8 Å². The van der Waals surface area contributed by atoms with Crippen LogP contribution in [0.3, 0.4) is 0 Å². The number of aryl methyl sites for hydroxylation is 2. The maximum Gasteiger partial charge on any atom is 0.316 e. The van der Waals surface area contributed by atoms with Crippen LogP contribution in [0.4, 0.5) is 4.79 Å². The summed E-state index contributed by atoms with van der Waals surface area (Å²) in [5.41, 5.74) is 3.43. The van der Waals surface area contributed by atoms with Crippen molar-refractivity contribution in [3.63, 3.8) is 0 Å². The first kappa shape index (κ1) is 12.5. The molecule has 16 heavy (non-hydrogen) atoms. The van der Waals surface area contributed by atoms with E-state index in [2.05, 4.69) is 10.4 Å². The molecule has 5 heteroatoms. The molecule has 0 aliphatic carbocycles. The molecule has 1 N–H and O–H groups in total. The van der Waals surface area contributed by atoms with Crippen molar-refractivity contribution in [3.8, 4) is 0 Å². The van der Waals surface area contributed by atoms with Gasteiger partial charge in [0.15, 0.2) is 0 Å². The zero-order chi connectivity index (χ0) is 12.3. The molecule has 0 unspecified atom stereocenters. The maximum absolute atomic E-state index is 11.3. The molecule has 0 aliphatic heterocycles. The highest BCUT2D eigenvalue weighted by Gasteiger charge is 2.09. The van der Waals surface area contributed by atoms with E-state index in [1.807, 2.05) is 25.6 Å². The number of hydrogen-bond donors (Lipinski definition) is 1. The highest BCUT2D eigenvalue weighted by Crippen LogP contribution is 2.11. The van der Waals surface area contributed by atoms with Gasteiger partial charge in [0.25, 0.3) is 0 Å². The fourth-order valence-corrected chi connectivity index (χ4v) is 1.63. The lowest BCUT2D eigenvalue weighted by atomic mass is 10.1. The fraction of sp³-hybridized carbons (Fsp3) is 0.636. The normalized spacial score (nSPS) is 10.3. The molecule has 0 saturated carbocycles. The monoisotopic (exact) mass is 224 g/mol. The third kappa shape index (κ3) is 2.74. The minimum Gasteiger partial charge on any atom is -0.338 e. The Labute approximate surface area is 96.4 Å². The van der Waals surface area contributed by atoms with E-state index >= 15 is 0 Å². The zero-order valence-electron chi connectivity index (χ0n) is 10.7. The van der Waals surface area contributed by atoms with Crippen LogP contribution in [0.1, 0.15) is 17.0 Å². The number of nitrogens with zero attached hydrogens (tertiary/aromatic N) is 3. The molecule has 0 aromatic carbocycles. The second-order valence-electron chi connectivity index (χ2n) is 4.15. The van der Waals surface area contributed by atoms with Gasteiger partial charge in [0.2, 0.25) is 0 Å². The van der Waals surface area contributed by atoms with Gasteiger partial charge in [0.05, 0.1) is 5.69 Å². The van der Waals surface area contributed by atoms with Gasteiger partial charge in [-0.25, -0.2) is 4.79 Å². The van der Waals surface area contributed by atoms with Crippen molar-refractivity contribution < 1.29 is 4.79 Å². The standard InChI is InChI=1S/C11H20N4O/c1-8-10(9(2)15(5)13-8)6-7-12-11(16)14(3)4/h6-7H2,1-5H3,(H,12,16). The number of rotatable bonds is 3. The van der Waals surface area contributed by atoms with Crippen molar-refractivity contribution in [1.29, 1.82) is 0 Å². The largest absolute Gasteiger partial charge is 0.338 e. The first-order chi connectivity index (χ1) is 7.43. The molecule has 0 spiro atoms. The third-order valence-corrected chi connectivity index (χ3v) is 2.72. The van der Waals surface area contributed by atoms with Crippen molar-refractivity contribution in [1.82, 2.24) is 20.0 Å². The van der Waals surface area contributed by atoms with Crippen molar-refractivity contribution in [2.75, 3.05) is 20.6 Å². The molecule has 1 aromatic heterocycles. The van der Waals surface area contributed by atoms with Gasteiger partial charge in [-0.05, 0) is 25.8 Å². The summed E-state index contributed by atoms with van der Waals surface area (Å²) in [5.74, 6) is 0. The van der Waals surface area contributed by atoms with Crippen molar-refractivity contribution in [3.05, 3.63) is 17.0 Å². The highest BCUT2D eigenvalue weighted by atomic mass is 16.2. The summed E-state index contributed by atoms with van der Waals surface area (Å²) >= 11 is 0. The molecule has 90 valence electrons. The minimum absolute atomic E-state index is 0.0563. The molecule has 1 rings (SSSR count). The van der Waals surface area contributed by atoms with Gasteiger partial charge in [-0.3, -0.25) is 4.68 Å². The molecule has 0 saturated heterocycles. The highest BCUT2D eigenvalue weighted by molar-refractivity contribution is 5.73. The van der Waals surface area contributed by atoms with E-state index in [9.17, 15) is 4.79 Å². The number of carbonyl (C=O) groups excluding carboxylic acids is 1. The van der Waals surface area contributed by atoms with Gasteiger partial charge in [-0.2, -0.15) is 5.10 Å². The molecule has 0 atom stereocenters. The summed E-state index contributed by atoms with van der Waals surface area (Å²) in [6.45, 7) is 4.68. The Morgan fingerprint density at radius 1 is 1.44 bits per heavy atom. The van der Waals surface area contributed by atoms with E-state index in [-0.39, 0.29) is 6.03 Å². The summed E-state index contributed by atoms with van der Waals surface area (Å²) in [6.07, 6.45) is 0.824. The van der Waals surface area contributed by atoms with E-state index in [1.165, 1.54) is 10.5 Å². The number of amides is 2. The van der Waals surface area contributed by atoms with Gasteiger partial charge in [0.1, 0.15) is 0 Å². The Kier molecular flexibility index (Phi) is 3.93. The Hall–Kier alpha value is -1.52. The van der Waals surface area contributed by atoms with Crippen LogP contribution < -0.4 is 5.32 Å². The van der Waals surface area contributed by atoms with Crippen LogP contribution >= 0.6 is 0 Å². The lowest BCUT2D eigenvalue weighted by Crippen LogP contribution is -2.35. The first-order valence-electron chi connectivity index (χ1n) is 5.37. The molecular weight excluding hydrogens is 204 g/mol. The van der Waals surface area contributed by atoms with E-state index in [4.69, 9.17) is 0 Å². The fourth-order valence-electron chi connectivity index (χ4n) is 1.63. The van der Waals surface area contributed by atoms with Crippen LogP contribution in [0.25, 0.3) is 0 Å². The average molecular weight is 224 g/mol. The molecule has 0 fully saturated rings. The summed E-state index contributed by atoms with van der Waals surface area (Å²) in [4.78, 5) is 12.8. The van der Waals surface area contributed by atoms with Crippen molar-refractivity contribution in [2.24, 2.45) is 7.05 Å². The second kappa shape index (κ2) is 5.01. The minimum atomic E-state index is -0.0563. The SMILES string of the molecule is Cc1nn(C)c(C)c1CCNC(=O)N(C)C. The molecular formula is C11H20N4O. The molecule has 1 aromatic rings. The predicted molar refractivity (Wildman–Crippen MR) is 63.5 cm³/mol. The van der Waals surface area contributed by atoms with Gasteiger partial charge in [-0.15, -0.1) is 0 Å². The smallest absolute Gasteiger partial charge is 0.316 e. The second-order valence-corrected chi connectivity index (χ2v) is 4.15. The van der Waals surface area contributed by atoms with Crippen molar-refractivity contribution >= 4 is 6.03 Å². The molecule has 0 radical (unpaired) electrons. The third-order valence-electron chi connectivity index (χ3n) is 2.72. The Bertz CT molecular complexity index is 382. The molecule has 2 amide bonds. The van der Waals surface area contributed by atoms with Crippen LogP contribution in [0.5, 0.6) is 0 Å². The van der Waals surface area contributed by atoms with E-state index in [0.29, 0.717) is 6.54 Å². The topological polar surface area (TPSA) is 50.2 Å². The van der Waals surface area contributed by atoms with Gasteiger partial charge >= 0.3 is 6.03 Å². The summed E-state index contributed by atoms with van der Waals surface area (Å²) in [5, 5.41) is 7.18. The molecule has 1 heterocycles. The Morgan fingerprint density at radius 3 is 2.50 bits per heavy atom. The summed E-state index contributed by atoms with van der Waals surface area (Å²) in [6, 6.07) is -0.0563. The molecule has 0 aliphatic rings. The summed E-state index contributed by atoms with van der Waals surface area (Å²) < 4.78 is 1.87. The lowest BCUT2D eigenvalue weighted by Gasteiger charge is -2.11. The van der Waals surface area contributed by atoms with Gasteiger partial charge in [-0.1, -0.05) is 0 Å². The number of nitrogens with one attached hydrogen (secondary N) is 1. The van der Waals surface area contributed by atoms with E-state index in [1.54, 1.807) is 14.1 Å². The van der Waals surface area contributed by atoms with Crippen molar-refractivity contribution in [2.45, 2.75) is 20.3 Å². The van der Waals surface area contributed by atoms with Crippen LogP contribution in [0.15, 0.2) is 0 Å². The number of hydrogen-bond acceptors (Lipinski definition) is 2. The number of aromatic nitrogens is 2. The molecule has 5 nitrogen and oxygen atoms in total. The van der Waals surface area contributed by atoms with Crippen LogP contribution in [-0.4, -0.2) is 41.4 Å².